The van der Waals surface area contributed by atoms with Crippen LogP contribution in [0.15, 0.2) is 0 Å². The fourth-order valence-corrected chi connectivity index (χ4v) is 0.963. The summed E-state index contributed by atoms with van der Waals surface area (Å²) >= 11 is 0. The first-order chi connectivity index (χ1) is 11.6. The number of carbonyl (C=O) groups is 5. The first-order valence-electron chi connectivity index (χ1n) is 7.46. The molecule has 27 heavy (non-hydrogen) atoms. The van der Waals surface area contributed by atoms with Crippen LogP contribution in [-0.2, 0) is 24.0 Å². The number of hydrogen-bond donors (Lipinski definition) is 6. The maximum Gasteiger partial charge on any atom is 0.303 e. The Morgan fingerprint density at radius 1 is 0.704 bits per heavy atom. The second kappa shape index (κ2) is 25.5. The largest absolute Gasteiger partial charge is 0.481 e. The predicted molar refractivity (Wildman–Crippen MR) is 105 cm³/mol. The van der Waals surface area contributed by atoms with Crippen LogP contribution in [0.25, 0.3) is 0 Å². The molecule has 0 atom stereocenters. The molecule has 8 N–H and O–H groups in total. The summed E-state index contributed by atoms with van der Waals surface area (Å²) in [5.41, 5.74) is 9.82. The number of carboxylic acids is 1. The average Bonchev–Trinajstić information content (AvgIpc) is 2.58. The van der Waals surface area contributed by atoms with Crippen molar-refractivity contribution < 1.29 is 29.1 Å². The minimum Gasteiger partial charge on any atom is -0.481 e. The minimum absolute atomic E-state index is 0. The molecule has 0 radical (unpaired) electrons. The molecule has 0 aliphatic rings. The van der Waals surface area contributed by atoms with Gasteiger partial charge in [-0.2, -0.15) is 0 Å². The zero-order valence-electron chi connectivity index (χ0n) is 14.9. The summed E-state index contributed by atoms with van der Waals surface area (Å²) in [7, 11) is 4.59. The van der Waals surface area contributed by atoms with Crippen LogP contribution in [0, 0.1) is 0 Å². The molecule has 0 spiro atoms. The number of aliphatic carboxylic acids is 1. The summed E-state index contributed by atoms with van der Waals surface area (Å²) in [5.74, 6) is -1.79. The molecule has 0 fully saturated rings. The van der Waals surface area contributed by atoms with Crippen molar-refractivity contribution in [1.29, 1.82) is 0 Å². The molecule has 0 saturated heterocycles. The highest BCUT2D eigenvalue weighted by Crippen LogP contribution is 1.86. The van der Waals surface area contributed by atoms with Crippen LogP contribution in [0.3, 0.4) is 0 Å². The van der Waals surface area contributed by atoms with Crippen molar-refractivity contribution in [2.45, 2.75) is 47.0 Å². The van der Waals surface area contributed by atoms with Crippen molar-refractivity contribution in [2.24, 2.45) is 11.5 Å². The Morgan fingerprint density at radius 3 is 1.26 bits per heavy atom. The highest BCUT2D eigenvalue weighted by atomic mass is 16.4. The Balaban J connectivity index is -0.0000000872. The standard InChI is InChI=1S/C5H10N2O2.C5H9NO3.C4H10N2O.2CH4/c1-7-5(9)3-2-4(6)8;1-6-4(7)2-3-5(8)9;1-6-4(7)2-3-5;;/h2-3H2,1H3,(H2,6,8)(H,7,9);2-3H2,1H3,(H,6,7)(H,8,9);2-3,5H2,1H3,(H,6,7);2*1H4. The molecule has 0 aromatic rings. The molecule has 0 bridgehead atoms. The molecule has 0 rings (SSSR count). The predicted octanol–water partition coefficient (Wildman–Crippen LogP) is -1.05. The van der Waals surface area contributed by atoms with E-state index in [1.165, 1.54) is 14.1 Å². The number of rotatable bonds is 8. The van der Waals surface area contributed by atoms with Crippen LogP contribution < -0.4 is 27.4 Å². The van der Waals surface area contributed by atoms with E-state index >= 15 is 0 Å². The third-order valence-corrected chi connectivity index (χ3v) is 2.37. The van der Waals surface area contributed by atoms with E-state index in [2.05, 4.69) is 16.0 Å². The maximum atomic E-state index is 10.4. The van der Waals surface area contributed by atoms with Crippen molar-refractivity contribution >= 4 is 29.6 Å². The third-order valence-electron chi connectivity index (χ3n) is 2.37. The van der Waals surface area contributed by atoms with Gasteiger partial charge in [0.05, 0.1) is 6.42 Å². The van der Waals surface area contributed by atoms with Crippen molar-refractivity contribution in [3.8, 4) is 0 Å². The van der Waals surface area contributed by atoms with Gasteiger partial charge >= 0.3 is 5.97 Å². The first kappa shape index (κ1) is 35.4. The van der Waals surface area contributed by atoms with E-state index in [-0.39, 0.29) is 58.3 Å². The lowest BCUT2D eigenvalue weighted by atomic mass is 10.3. The van der Waals surface area contributed by atoms with E-state index in [0.717, 1.165) is 0 Å². The Kier molecular flexibility index (Phi) is 33.5. The van der Waals surface area contributed by atoms with E-state index in [4.69, 9.17) is 16.6 Å². The highest BCUT2D eigenvalue weighted by Gasteiger charge is 2.01. The number of carboxylic acid groups (broad SMARTS) is 1. The molecule has 0 aromatic heterocycles. The fraction of sp³-hybridized carbons (Fsp3) is 0.688. The second-order valence-electron chi connectivity index (χ2n) is 4.42. The van der Waals surface area contributed by atoms with Crippen LogP contribution in [0.5, 0.6) is 0 Å². The van der Waals surface area contributed by atoms with Crippen LogP contribution in [0.2, 0.25) is 0 Å². The normalized spacial score (nSPS) is 7.85. The second-order valence-corrected chi connectivity index (χ2v) is 4.42. The van der Waals surface area contributed by atoms with E-state index in [1.54, 1.807) is 7.05 Å². The van der Waals surface area contributed by atoms with E-state index in [9.17, 15) is 24.0 Å². The van der Waals surface area contributed by atoms with Gasteiger partial charge in [0, 0.05) is 53.4 Å². The molecule has 0 saturated carbocycles. The Bertz CT molecular complexity index is 400. The summed E-state index contributed by atoms with van der Waals surface area (Å²) in [6.07, 6.45) is 0.702. The molecule has 0 aliphatic carbocycles. The number of nitrogens with one attached hydrogen (secondary N) is 3. The lowest BCUT2D eigenvalue weighted by molar-refractivity contribution is -0.138. The van der Waals surface area contributed by atoms with Crippen LogP contribution in [-0.4, -0.2) is 62.4 Å². The number of primary amides is 1. The van der Waals surface area contributed by atoms with E-state index < -0.39 is 11.9 Å². The monoisotopic (exact) mass is 395 g/mol. The summed E-state index contributed by atoms with van der Waals surface area (Å²) in [6, 6.07) is 0. The topological polar surface area (TPSA) is 194 Å². The number of hydrogen-bond acceptors (Lipinski definition) is 6. The zero-order valence-corrected chi connectivity index (χ0v) is 14.9. The SMILES string of the molecule is C.C.CNC(=O)CCC(=O)O.CNC(=O)CCC(N)=O.CNC(=O)CCN. The summed E-state index contributed by atoms with van der Waals surface area (Å²) in [5, 5.41) is 15.2. The highest BCUT2D eigenvalue weighted by molar-refractivity contribution is 5.82. The average molecular weight is 396 g/mol. The Labute approximate surface area is 161 Å². The molecule has 0 aliphatic heterocycles. The first-order valence-corrected chi connectivity index (χ1v) is 7.46. The van der Waals surface area contributed by atoms with Gasteiger partial charge in [-0.25, -0.2) is 0 Å². The number of amides is 4. The van der Waals surface area contributed by atoms with Crippen molar-refractivity contribution in [3.05, 3.63) is 0 Å². The molecule has 162 valence electrons. The Hall–Kier alpha value is -2.69. The van der Waals surface area contributed by atoms with Gasteiger partial charge in [0.25, 0.3) is 0 Å². The molecular formula is C16H37N5O6. The molecule has 0 aromatic carbocycles. The van der Waals surface area contributed by atoms with E-state index in [0.29, 0.717) is 13.0 Å². The summed E-state index contributed by atoms with van der Waals surface area (Å²) in [6.45, 7) is 0.430. The van der Waals surface area contributed by atoms with Gasteiger partial charge in [-0.05, 0) is 0 Å². The smallest absolute Gasteiger partial charge is 0.303 e. The van der Waals surface area contributed by atoms with Gasteiger partial charge < -0.3 is 32.5 Å². The summed E-state index contributed by atoms with van der Waals surface area (Å²) in [4.78, 5) is 50.9. The van der Waals surface area contributed by atoms with Gasteiger partial charge in [0.15, 0.2) is 0 Å². The number of carbonyl (C=O) groups excluding carboxylic acids is 4. The van der Waals surface area contributed by atoms with Crippen molar-refractivity contribution in [3.63, 3.8) is 0 Å². The molecule has 4 amide bonds. The van der Waals surface area contributed by atoms with Crippen LogP contribution >= 0.6 is 0 Å². The third kappa shape index (κ3) is 39.8. The fourth-order valence-electron chi connectivity index (χ4n) is 0.963. The quantitative estimate of drug-likeness (QED) is 0.301. The zero-order chi connectivity index (χ0) is 20.3. The minimum atomic E-state index is -0.946. The molecule has 0 heterocycles. The molecule has 0 unspecified atom stereocenters. The Morgan fingerprint density at radius 2 is 1.04 bits per heavy atom. The van der Waals surface area contributed by atoms with Gasteiger partial charge in [-0.15, -0.1) is 0 Å². The lowest BCUT2D eigenvalue weighted by Crippen LogP contribution is -2.20. The van der Waals surface area contributed by atoms with Gasteiger partial charge in [-0.1, -0.05) is 14.9 Å². The number of nitrogens with two attached hydrogens (primary N) is 2. The lowest BCUT2D eigenvalue weighted by Gasteiger charge is -1.93. The van der Waals surface area contributed by atoms with Crippen LogP contribution in [0.1, 0.15) is 47.0 Å². The van der Waals surface area contributed by atoms with Crippen molar-refractivity contribution in [1.82, 2.24) is 16.0 Å². The molecule has 11 heteroatoms. The van der Waals surface area contributed by atoms with Crippen molar-refractivity contribution in [2.75, 3.05) is 27.7 Å². The van der Waals surface area contributed by atoms with E-state index in [1.807, 2.05) is 0 Å². The van der Waals surface area contributed by atoms with Crippen LogP contribution in [0.4, 0.5) is 0 Å². The van der Waals surface area contributed by atoms with Gasteiger partial charge in [0.2, 0.25) is 23.6 Å². The summed E-state index contributed by atoms with van der Waals surface area (Å²) < 4.78 is 0. The van der Waals surface area contributed by atoms with Gasteiger partial charge in [0.1, 0.15) is 0 Å². The molecular weight excluding hydrogens is 358 g/mol. The van der Waals surface area contributed by atoms with Gasteiger partial charge in [-0.3, -0.25) is 24.0 Å². The molecule has 11 nitrogen and oxygen atoms in total. The maximum absolute atomic E-state index is 10.4.